The number of carbonyl (C=O) groups is 1. The first kappa shape index (κ1) is 27.1. The molecule has 11 heteroatoms. The second-order valence-corrected chi connectivity index (χ2v) is 10.4. The monoisotopic (exact) mass is 584 g/mol. The Labute approximate surface area is 238 Å². The summed E-state index contributed by atoms with van der Waals surface area (Å²) in [7, 11) is 1.34. The van der Waals surface area contributed by atoms with E-state index in [-0.39, 0.29) is 12.4 Å². The lowest BCUT2D eigenvalue weighted by Gasteiger charge is -2.27. The van der Waals surface area contributed by atoms with Crippen LogP contribution in [-0.4, -0.2) is 27.8 Å². The minimum Gasteiger partial charge on any atom is -0.489 e. The summed E-state index contributed by atoms with van der Waals surface area (Å²) in [6, 6.07) is 18.6. The zero-order chi connectivity index (χ0) is 27.5. The molecule has 3 aromatic carbocycles. The fraction of sp³-hybridized carbons (Fsp3) is 0.179. The van der Waals surface area contributed by atoms with Gasteiger partial charge in [-0.15, -0.1) is 5.10 Å². The largest absolute Gasteiger partial charge is 0.489 e. The number of aromatic nitrogens is 3. The van der Waals surface area contributed by atoms with Gasteiger partial charge in [0.15, 0.2) is 0 Å². The molecule has 1 aliphatic rings. The van der Waals surface area contributed by atoms with Crippen molar-refractivity contribution in [3.05, 3.63) is 111 Å². The van der Waals surface area contributed by atoms with Gasteiger partial charge in [0.1, 0.15) is 24.2 Å². The lowest BCUT2D eigenvalue weighted by Crippen LogP contribution is -2.29. The molecule has 1 N–H and O–H groups in total. The lowest BCUT2D eigenvalue weighted by molar-refractivity contribution is -0.136. The first-order valence-electron chi connectivity index (χ1n) is 11.9. The fourth-order valence-electron chi connectivity index (χ4n) is 4.20. The maximum Gasteiger partial charge on any atom is 0.338 e. The van der Waals surface area contributed by atoms with Gasteiger partial charge in [-0.05, 0) is 48.4 Å². The normalized spacial score (nSPS) is 14.5. The number of hydrogen-bond acceptors (Lipinski definition) is 7. The van der Waals surface area contributed by atoms with Crippen LogP contribution >= 0.6 is 35.0 Å². The highest BCUT2D eigenvalue weighted by atomic mass is 35.5. The van der Waals surface area contributed by atoms with E-state index in [1.54, 1.807) is 60.1 Å². The topological polar surface area (TPSA) is 78.3 Å². The van der Waals surface area contributed by atoms with Crippen LogP contribution in [0.4, 0.5) is 10.3 Å². The van der Waals surface area contributed by atoms with E-state index in [1.807, 2.05) is 12.1 Å². The SMILES string of the molecule is COC(=O)C1=C(C)Nc2nc(SCc3ccccc3F)nn2C1c1ccc(OCc2c(Cl)cccc2Cl)cc1. The third-order valence-electron chi connectivity index (χ3n) is 6.19. The second kappa shape index (κ2) is 11.7. The van der Waals surface area contributed by atoms with Crippen molar-refractivity contribution in [2.24, 2.45) is 0 Å². The van der Waals surface area contributed by atoms with Crippen LogP contribution in [0.15, 0.2) is 83.2 Å². The standard InChI is InChI=1S/C28H23Cl2FN4O3S/c1-16-24(26(36)37-2)25(17-10-12-19(13-11-17)38-14-20-21(29)7-5-8-22(20)30)35-27(32-16)33-28(34-35)39-15-18-6-3-4-9-23(18)31/h3-13,25H,14-15H2,1-2H3,(H,32,33,34). The molecule has 39 heavy (non-hydrogen) atoms. The van der Waals surface area contributed by atoms with E-state index in [2.05, 4.69) is 15.4 Å². The molecular formula is C28H23Cl2FN4O3S. The first-order valence-corrected chi connectivity index (χ1v) is 13.6. The summed E-state index contributed by atoms with van der Waals surface area (Å²) in [4.78, 5) is 17.4. The zero-order valence-electron chi connectivity index (χ0n) is 21.0. The van der Waals surface area contributed by atoms with Crippen LogP contribution in [-0.2, 0) is 21.9 Å². The summed E-state index contributed by atoms with van der Waals surface area (Å²) < 4.78 is 26.8. The highest BCUT2D eigenvalue weighted by Crippen LogP contribution is 2.37. The zero-order valence-corrected chi connectivity index (χ0v) is 23.3. The summed E-state index contributed by atoms with van der Waals surface area (Å²) in [5, 5.41) is 9.30. The molecule has 7 nitrogen and oxygen atoms in total. The van der Waals surface area contributed by atoms with Gasteiger partial charge in [-0.2, -0.15) is 4.98 Å². The minimum atomic E-state index is -0.601. The smallest absolute Gasteiger partial charge is 0.338 e. The van der Waals surface area contributed by atoms with Crippen LogP contribution in [0.25, 0.3) is 0 Å². The molecular weight excluding hydrogens is 562 g/mol. The number of ether oxygens (including phenoxy) is 2. The molecule has 1 aliphatic heterocycles. The van der Waals surface area contributed by atoms with Gasteiger partial charge in [0.05, 0.1) is 12.7 Å². The number of rotatable bonds is 8. The van der Waals surface area contributed by atoms with Crippen molar-refractivity contribution in [2.75, 3.05) is 12.4 Å². The third-order valence-corrected chi connectivity index (χ3v) is 7.79. The maximum absolute atomic E-state index is 14.1. The summed E-state index contributed by atoms with van der Waals surface area (Å²) in [5.74, 6) is 0.659. The highest BCUT2D eigenvalue weighted by Gasteiger charge is 2.35. The van der Waals surface area contributed by atoms with E-state index in [1.165, 1.54) is 24.9 Å². The number of fused-ring (bicyclic) bond motifs is 1. The van der Waals surface area contributed by atoms with E-state index in [4.69, 9.17) is 32.7 Å². The fourth-order valence-corrected chi connectivity index (χ4v) is 5.53. The van der Waals surface area contributed by atoms with Crippen molar-refractivity contribution in [1.82, 2.24) is 14.8 Å². The highest BCUT2D eigenvalue weighted by molar-refractivity contribution is 7.98. The Hall–Kier alpha value is -3.53. The second-order valence-electron chi connectivity index (χ2n) is 8.66. The summed E-state index contributed by atoms with van der Waals surface area (Å²) in [6.07, 6.45) is 0. The molecule has 1 atom stereocenters. The van der Waals surface area contributed by atoms with Crippen molar-refractivity contribution >= 4 is 46.9 Å². The van der Waals surface area contributed by atoms with Crippen molar-refractivity contribution < 1.29 is 18.7 Å². The van der Waals surface area contributed by atoms with Gasteiger partial charge in [0.25, 0.3) is 0 Å². The summed E-state index contributed by atoms with van der Waals surface area (Å²) in [6.45, 7) is 1.99. The van der Waals surface area contributed by atoms with E-state index in [0.29, 0.717) is 55.0 Å². The quantitative estimate of drug-likeness (QED) is 0.175. The molecule has 0 bridgehead atoms. The number of methoxy groups -OCH3 is 1. The Balaban J connectivity index is 1.41. The number of anilines is 1. The van der Waals surface area contributed by atoms with Crippen molar-refractivity contribution in [2.45, 2.75) is 30.5 Å². The van der Waals surface area contributed by atoms with Gasteiger partial charge < -0.3 is 14.8 Å². The molecule has 0 radical (unpaired) electrons. The number of thioether (sulfide) groups is 1. The number of nitrogens with zero attached hydrogens (tertiary/aromatic N) is 3. The molecule has 4 aromatic rings. The number of hydrogen-bond donors (Lipinski definition) is 1. The Morgan fingerprint density at radius 2 is 1.79 bits per heavy atom. The molecule has 0 saturated heterocycles. The van der Waals surface area contributed by atoms with Gasteiger partial charge in [-0.1, -0.05) is 71.4 Å². The molecule has 1 aromatic heterocycles. The van der Waals surface area contributed by atoms with E-state index < -0.39 is 12.0 Å². The number of carbonyl (C=O) groups excluding carboxylic acids is 1. The van der Waals surface area contributed by atoms with Crippen molar-refractivity contribution in [3.8, 4) is 5.75 Å². The lowest BCUT2D eigenvalue weighted by atomic mass is 9.96. The molecule has 5 rings (SSSR count). The van der Waals surface area contributed by atoms with Crippen LogP contribution in [0.3, 0.4) is 0 Å². The molecule has 1 unspecified atom stereocenters. The predicted octanol–water partition coefficient (Wildman–Crippen LogP) is 7.06. The molecule has 0 saturated carbocycles. The Morgan fingerprint density at radius 1 is 1.08 bits per heavy atom. The Bertz CT molecular complexity index is 1540. The number of esters is 1. The number of halogens is 3. The maximum atomic E-state index is 14.1. The number of nitrogens with one attached hydrogen (secondary N) is 1. The van der Waals surface area contributed by atoms with Crippen molar-refractivity contribution in [3.63, 3.8) is 0 Å². The Morgan fingerprint density at radius 3 is 2.49 bits per heavy atom. The van der Waals surface area contributed by atoms with E-state index in [9.17, 15) is 9.18 Å². The van der Waals surface area contributed by atoms with Gasteiger partial charge in [0.2, 0.25) is 11.1 Å². The average molecular weight is 585 g/mol. The molecule has 200 valence electrons. The molecule has 2 heterocycles. The van der Waals surface area contributed by atoms with Gasteiger partial charge in [-0.25, -0.2) is 13.9 Å². The molecule has 0 spiro atoms. The summed E-state index contributed by atoms with van der Waals surface area (Å²) >= 11 is 13.8. The number of allylic oxidation sites excluding steroid dienone is 1. The van der Waals surface area contributed by atoms with Crippen LogP contribution in [0.2, 0.25) is 10.0 Å². The minimum absolute atomic E-state index is 0.202. The molecule has 0 aliphatic carbocycles. The van der Waals surface area contributed by atoms with E-state index in [0.717, 1.165) is 5.56 Å². The summed E-state index contributed by atoms with van der Waals surface area (Å²) in [5.41, 5.74) is 3.03. The molecule has 0 fully saturated rings. The third kappa shape index (κ3) is 5.75. The van der Waals surface area contributed by atoms with E-state index >= 15 is 0 Å². The van der Waals surface area contributed by atoms with Crippen LogP contribution in [0.1, 0.15) is 29.7 Å². The van der Waals surface area contributed by atoms with Crippen LogP contribution in [0.5, 0.6) is 5.75 Å². The van der Waals surface area contributed by atoms with Crippen LogP contribution in [0, 0.1) is 5.82 Å². The van der Waals surface area contributed by atoms with Gasteiger partial charge in [0, 0.05) is 27.1 Å². The average Bonchev–Trinajstić information content (AvgIpc) is 3.34. The first-order chi connectivity index (χ1) is 18.9. The van der Waals surface area contributed by atoms with Gasteiger partial charge in [-0.3, -0.25) is 0 Å². The predicted molar refractivity (Wildman–Crippen MR) is 150 cm³/mol. The number of benzene rings is 3. The molecule has 0 amide bonds. The van der Waals surface area contributed by atoms with Crippen LogP contribution < -0.4 is 10.1 Å². The van der Waals surface area contributed by atoms with Gasteiger partial charge >= 0.3 is 5.97 Å². The van der Waals surface area contributed by atoms with Crippen molar-refractivity contribution in [1.29, 1.82) is 0 Å². The Kier molecular flexibility index (Phi) is 8.11.